The smallest absolute Gasteiger partial charge is 0.338 e. The summed E-state index contributed by atoms with van der Waals surface area (Å²) < 4.78 is 7.25. The number of esters is 1. The maximum absolute atomic E-state index is 11.5. The van der Waals surface area contributed by atoms with Gasteiger partial charge in [0.25, 0.3) is 0 Å². The molecule has 2 N–H and O–H groups in total. The number of aryl methyl sites for hydroxylation is 1. The third-order valence-corrected chi connectivity index (χ3v) is 4.35. The van der Waals surface area contributed by atoms with Gasteiger partial charge in [0.1, 0.15) is 12.4 Å². The fourth-order valence-electron chi connectivity index (χ4n) is 2.70. The number of carbonyl (C=O) groups excluding carboxylic acids is 1. The zero-order valence-corrected chi connectivity index (χ0v) is 14.4. The molecule has 23 heavy (non-hydrogen) atoms. The Kier molecular flexibility index (Phi) is 4.47. The van der Waals surface area contributed by atoms with Crippen LogP contribution in [-0.2, 0) is 24.9 Å². The summed E-state index contributed by atoms with van der Waals surface area (Å²) >= 11 is 3.22. The van der Waals surface area contributed by atoms with Gasteiger partial charge in [-0.1, -0.05) is 6.07 Å². The summed E-state index contributed by atoms with van der Waals surface area (Å²) in [5.41, 5.74) is 3.16. The topological polar surface area (TPSA) is 89.3 Å². The van der Waals surface area contributed by atoms with E-state index in [1.807, 2.05) is 14.0 Å². The van der Waals surface area contributed by atoms with E-state index in [-0.39, 0.29) is 12.6 Å². The molecule has 0 saturated carbocycles. The van der Waals surface area contributed by atoms with Gasteiger partial charge in [0.15, 0.2) is 0 Å². The summed E-state index contributed by atoms with van der Waals surface area (Å²) in [6.45, 7) is 3.05. The van der Waals surface area contributed by atoms with Crippen molar-refractivity contribution in [1.82, 2.24) is 20.1 Å². The van der Waals surface area contributed by atoms with Crippen molar-refractivity contribution in [2.24, 2.45) is 7.05 Å². The van der Waals surface area contributed by atoms with E-state index in [0.717, 1.165) is 22.5 Å². The Labute approximate surface area is 141 Å². The van der Waals surface area contributed by atoms with Crippen LogP contribution in [0.25, 0.3) is 0 Å². The Morgan fingerprint density at radius 3 is 3.00 bits per heavy atom. The Morgan fingerprint density at radius 2 is 2.30 bits per heavy atom. The van der Waals surface area contributed by atoms with E-state index in [4.69, 9.17) is 4.74 Å². The van der Waals surface area contributed by atoms with Crippen molar-refractivity contribution < 1.29 is 14.6 Å². The molecule has 2 aromatic rings. The van der Waals surface area contributed by atoms with E-state index in [0.29, 0.717) is 23.4 Å². The number of cyclic esters (lactones) is 1. The lowest BCUT2D eigenvalue weighted by Gasteiger charge is -2.16. The lowest BCUT2D eigenvalue weighted by molar-refractivity contribution is 0.0535. The molecular formula is C15H17BrN4O3. The lowest BCUT2D eigenvalue weighted by Crippen LogP contribution is -2.23. The fourth-order valence-corrected chi connectivity index (χ4v) is 3.14. The van der Waals surface area contributed by atoms with Crippen molar-refractivity contribution in [2.45, 2.75) is 26.2 Å². The molecule has 1 aliphatic heterocycles. The Balaban J connectivity index is 1.66. The first-order valence-electron chi connectivity index (χ1n) is 7.21. The summed E-state index contributed by atoms with van der Waals surface area (Å²) in [5, 5.41) is 17.7. The van der Waals surface area contributed by atoms with Gasteiger partial charge in [-0.25, -0.2) is 9.78 Å². The monoisotopic (exact) mass is 380 g/mol. The second kappa shape index (κ2) is 6.38. The van der Waals surface area contributed by atoms with Crippen molar-refractivity contribution >= 4 is 21.9 Å². The number of halogens is 1. The molecule has 1 aromatic heterocycles. The van der Waals surface area contributed by atoms with Crippen molar-refractivity contribution in [3.05, 3.63) is 44.9 Å². The average molecular weight is 381 g/mol. The number of benzene rings is 1. The van der Waals surface area contributed by atoms with Gasteiger partial charge in [-0.2, -0.15) is 0 Å². The SMILES string of the molecule is Cc1c([C@@H](O)CNCc2nc(Br)nn2C)ccc2c1COC2=O. The summed E-state index contributed by atoms with van der Waals surface area (Å²) in [6, 6.07) is 3.50. The quantitative estimate of drug-likeness (QED) is 0.761. The van der Waals surface area contributed by atoms with Crippen molar-refractivity contribution in [1.29, 1.82) is 0 Å². The molecule has 0 saturated heterocycles. The number of aromatic nitrogens is 3. The van der Waals surface area contributed by atoms with Crippen LogP contribution in [0.2, 0.25) is 0 Å². The summed E-state index contributed by atoms with van der Waals surface area (Å²) in [5.74, 6) is 0.476. The zero-order chi connectivity index (χ0) is 16.6. The molecule has 1 aromatic carbocycles. The van der Waals surface area contributed by atoms with Crippen LogP contribution in [0.1, 0.15) is 39.0 Å². The maximum Gasteiger partial charge on any atom is 0.338 e. The van der Waals surface area contributed by atoms with Crippen molar-refractivity contribution in [2.75, 3.05) is 6.54 Å². The van der Waals surface area contributed by atoms with Crippen LogP contribution in [-0.4, -0.2) is 32.4 Å². The van der Waals surface area contributed by atoms with E-state index in [1.54, 1.807) is 16.8 Å². The van der Waals surface area contributed by atoms with Gasteiger partial charge < -0.3 is 15.2 Å². The van der Waals surface area contributed by atoms with Gasteiger partial charge >= 0.3 is 5.97 Å². The van der Waals surface area contributed by atoms with Crippen LogP contribution >= 0.6 is 15.9 Å². The fraction of sp³-hybridized carbons (Fsp3) is 0.400. The van der Waals surface area contributed by atoms with E-state index in [2.05, 4.69) is 31.3 Å². The van der Waals surface area contributed by atoms with Crippen LogP contribution in [0.3, 0.4) is 0 Å². The second-order valence-electron chi connectivity index (χ2n) is 5.45. The first-order chi connectivity index (χ1) is 11.0. The molecule has 1 aliphatic rings. The summed E-state index contributed by atoms with van der Waals surface area (Å²) in [7, 11) is 1.81. The van der Waals surface area contributed by atoms with Crippen LogP contribution in [0.4, 0.5) is 0 Å². The number of aliphatic hydroxyl groups is 1. The summed E-state index contributed by atoms with van der Waals surface area (Å²) in [6.07, 6.45) is -0.673. The highest BCUT2D eigenvalue weighted by Gasteiger charge is 2.25. The highest BCUT2D eigenvalue weighted by molar-refractivity contribution is 9.10. The van der Waals surface area contributed by atoms with E-state index >= 15 is 0 Å². The molecule has 0 aliphatic carbocycles. The maximum atomic E-state index is 11.5. The van der Waals surface area contributed by atoms with E-state index in [9.17, 15) is 9.90 Å². The minimum Gasteiger partial charge on any atom is -0.457 e. The Morgan fingerprint density at radius 1 is 1.52 bits per heavy atom. The lowest BCUT2D eigenvalue weighted by atomic mass is 9.95. The molecule has 0 fully saturated rings. The van der Waals surface area contributed by atoms with E-state index < -0.39 is 6.10 Å². The molecule has 0 spiro atoms. The molecule has 0 radical (unpaired) electrons. The number of hydrogen-bond donors (Lipinski definition) is 2. The van der Waals surface area contributed by atoms with Crippen molar-refractivity contribution in [3.8, 4) is 0 Å². The molecule has 0 bridgehead atoms. The minimum absolute atomic E-state index is 0.279. The minimum atomic E-state index is -0.673. The molecule has 3 rings (SSSR count). The summed E-state index contributed by atoms with van der Waals surface area (Å²) in [4.78, 5) is 15.8. The number of fused-ring (bicyclic) bond motifs is 1. The van der Waals surface area contributed by atoms with Gasteiger partial charge in [0, 0.05) is 19.2 Å². The molecule has 2 heterocycles. The first-order valence-corrected chi connectivity index (χ1v) is 8.00. The van der Waals surface area contributed by atoms with Crippen LogP contribution in [0.5, 0.6) is 0 Å². The predicted molar refractivity (Wildman–Crippen MR) is 85.7 cm³/mol. The van der Waals surface area contributed by atoms with Gasteiger partial charge in [0.05, 0.1) is 18.2 Å². The number of ether oxygens (including phenoxy) is 1. The number of nitrogens with zero attached hydrogens (tertiary/aromatic N) is 3. The molecule has 122 valence electrons. The Bertz CT molecular complexity index is 759. The second-order valence-corrected chi connectivity index (χ2v) is 6.16. The normalized spacial score (nSPS) is 14.7. The number of aliphatic hydroxyl groups excluding tert-OH is 1. The largest absolute Gasteiger partial charge is 0.457 e. The predicted octanol–water partition coefficient (Wildman–Crippen LogP) is 1.38. The molecule has 1 atom stereocenters. The Hall–Kier alpha value is -1.77. The molecule has 8 heteroatoms. The number of carbonyl (C=O) groups is 1. The van der Waals surface area contributed by atoms with Crippen LogP contribution in [0.15, 0.2) is 16.9 Å². The van der Waals surface area contributed by atoms with Gasteiger partial charge in [-0.05, 0) is 40.0 Å². The number of nitrogens with one attached hydrogen (secondary N) is 1. The van der Waals surface area contributed by atoms with Gasteiger partial charge in [-0.15, -0.1) is 5.10 Å². The number of hydrogen-bond acceptors (Lipinski definition) is 6. The van der Waals surface area contributed by atoms with Crippen LogP contribution < -0.4 is 5.32 Å². The standard InChI is InChI=1S/C15H17BrN4O3/c1-8-9(3-4-10-11(8)7-23-14(10)22)12(21)5-17-6-13-18-15(16)19-20(13)2/h3-4,12,17,21H,5-7H2,1-2H3/t12-/m0/s1. The highest BCUT2D eigenvalue weighted by Crippen LogP contribution is 2.28. The third-order valence-electron chi connectivity index (χ3n) is 4.02. The zero-order valence-electron chi connectivity index (χ0n) is 12.8. The van der Waals surface area contributed by atoms with Crippen molar-refractivity contribution in [3.63, 3.8) is 0 Å². The van der Waals surface area contributed by atoms with Crippen LogP contribution in [0, 0.1) is 6.92 Å². The highest BCUT2D eigenvalue weighted by atomic mass is 79.9. The number of rotatable bonds is 5. The van der Waals surface area contributed by atoms with Gasteiger partial charge in [-0.3, -0.25) is 4.68 Å². The van der Waals surface area contributed by atoms with Gasteiger partial charge in [0.2, 0.25) is 4.73 Å². The first kappa shape index (κ1) is 16.1. The molecule has 0 amide bonds. The average Bonchev–Trinajstić information content (AvgIpc) is 3.03. The molecule has 0 unspecified atom stereocenters. The third kappa shape index (κ3) is 3.15. The van der Waals surface area contributed by atoms with E-state index in [1.165, 1.54) is 0 Å². The molecule has 7 nitrogen and oxygen atoms in total. The molecular weight excluding hydrogens is 364 g/mol.